The average Bonchev–Trinajstić information content (AvgIpc) is 2.87. The summed E-state index contributed by atoms with van der Waals surface area (Å²) in [6.45, 7) is 2.75. The van der Waals surface area contributed by atoms with Crippen LogP contribution in [0.4, 0.5) is 0 Å². The van der Waals surface area contributed by atoms with Crippen molar-refractivity contribution in [3.63, 3.8) is 0 Å². The number of aliphatic carboxylic acids is 1. The van der Waals surface area contributed by atoms with Crippen molar-refractivity contribution < 1.29 is 14.4 Å². The van der Waals surface area contributed by atoms with E-state index in [1.807, 2.05) is 6.92 Å². The molecule has 0 unspecified atom stereocenters. The van der Waals surface area contributed by atoms with Crippen molar-refractivity contribution in [2.75, 3.05) is 13.1 Å². The molecule has 2 rings (SSSR count). The Bertz CT molecular complexity index is 583. The van der Waals surface area contributed by atoms with E-state index in [0.717, 1.165) is 5.56 Å². The van der Waals surface area contributed by atoms with Crippen molar-refractivity contribution in [2.45, 2.75) is 13.5 Å². The van der Waals surface area contributed by atoms with Crippen LogP contribution in [0.5, 0.6) is 0 Å². The van der Waals surface area contributed by atoms with Crippen LogP contribution in [0, 0.1) is 0 Å². The Morgan fingerprint density at radius 3 is 2.70 bits per heavy atom. The van der Waals surface area contributed by atoms with E-state index < -0.39 is 5.97 Å². The number of benzene rings is 1. The van der Waals surface area contributed by atoms with Gasteiger partial charge in [-0.25, -0.2) is 0 Å². The lowest BCUT2D eigenvalue weighted by Gasteiger charge is -2.14. The van der Waals surface area contributed by atoms with Gasteiger partial charge in [0, 0.05) is 10.6 Å². The zero-order valence-electron chi connectivity index (χ0n) is 10.9. The summed E-state index contributed by atoms with van der Waals surface area (Å²) in [4.78, 5) is 16.7. The first kappa shape index (κ1) is 14.5. The summed E-state index contributed by atoms with van der Waals surface area (Å²) in [5.74, 6) is -0.0330. The molecular formula is C13H14ClN3O3. The predicted molar refractivity (Wildman–Crippen MR) is 73.3 cm³/mol. The number of halogens is 1. The Labute approximate surface area is 121 Å². The van der Waals surface area contributed by atoms with Crippen LogP contribution in [-0.4, -0.2) is 39.2 Å². The van der Waals surface area contributed by atoms with Gasteiger partial charge < -0.3 is 9.63 Å². The molecule has 0 saturated carbocycles. The SMILES string of the molecule is CCN(CC(=O)O)Cc1noc(-c2ccc(Cl)cc2)n1. The minimum absolute atomic E-state index is 0.0542. The molecule has 20 heavy (non-hydrogen) atoms. The maximum Gasteiger partial charge on any atom is 0.317 e. The molecule has 0 fully saturated rings. The zero-order chi connectivity index (χ0) is 14.5. The number of nitrogens with zero attached hydrogens (tertiary/aromatic N) is 3. The van der Waals surface area contributed by atoms with E-state index in [2.05, 4.69) is 10.1 Å². The molecule has 0 aliphatic heterocycles. The van der Waals surface area contributed by atoms with E-state index in [1.54, 1.807) is 29.2 Å². The molecular weight excluding hydrogens is 282 g/mol. The molecule has 0 saturated heterocycles. The molecule has 0 radical (unpaired) electrons. The van der Waals surface area contributed by atoms with E-state index in [4.69, 9.17) is 21.2 Å². The minimum atomic E-state index is -0.881. The van der Waals surface area contributed by atoms with Crippen LogP contribution < -0.4 is 0 Å². The summed E-state index contributed by atoms with van der Waals surface area (Å²) in [5, 5.41) is 13.3. The second-order valence-corrected chi connectivity index (χ2v) is 4.66. The van der Waals surface area contributed by atoms with E-state index in [0.29, 0.717) is 29.8 Å². The molecule has 1 heterocycles. The van der Waals surface area contributed by atoms with Crippen LogP contribution in [0.2, 0.25) is 5.02 Å². The molecule has 0 bridgehead atoms. The third-order valence-electron chi connectivity index (χ3n) is 2.73. The van der Waals surface area contributed by atoms with Crippen LogP contribution >= 0.6 is 11.6 Å². The highest BCUT2D eigenvalue weighted by Crippen LogP contribution is 2.19. The first-order valence-corrected chi connectivity index (χ1v) is 6.49. The molecule has 0 aliphatic carbocycles. The van der Waals surface area contributed by atoms with Crippen LogP contribution in [0.15, 0.2) is 28.8 Å². The Kier molecular flexibility index (Phi) is 4.70. The van der Waals surface area contributed by atoms with E-state index in [9.17, 15) is 4.79 Å². The topological polar surface area (TPSA) is 79.5 Å². The Morgan fingerprint density at radius 1 is 1.40 bits per heavy atom. The fourth-order valence-electron chi connectivity index (χ4n) is 1.70. The summed E-state index contributed by atoms with van der Waals surface area (Å²) < 4.78 is 5.16. The smallest absolute Gasteiger partial charge is 0.317 e. The molecule has 106 valence electrons. The zero-order valence-corrected chi connectivity index (χ0v) is 11.7. The van der Waals surface area contributed by atoms with Gasteiger partial charge in [0.15, 0.2) is 5.82 Å². The van der Waals surface area contributed by atoms with Crippen molar-refractivity contribution in [2.24, 2.45) is 0 Å². The molecule has 6 nitrogen and oxygen atoms in total. The first-order valence-electron chi connectivity index (χ1n) is 6.11. The van der Waals surface area contributed by atoms with Gasteiger partial charge in [0.05, 0.1) is 13.1 Å². The molecule has 0 aliphatic rings. The van der Waals surface area contributed by atoms with Crippen molar-refractivity contribution in [3.8, 4) is 11.5 Å². The van der Waals surface area contributed by atoms with Crippen LogP contribution in [0.1, 0.15) is 12.7 Å². The fraction of sp³-hybridized carbons (Fsp3) is 0.308. The highest BCUT2D eigenvalue weighted by molar-refractivity contribution is 6.30. The second kappa shape index (κ2) is 6.49. The van der Waals surface area contributed by atoms with Gasteiger partial charge in [-0.05, 0) is 30.8 Å². The predicted octanol–water partition coefficient (Wildman–Crippen LogP) is 2.30. The molecule has 0 amide bonds. The van der Waals surface area contributed by atoms with Gasteiger partial charge >= 0.3 is 5.97 Å². The quantitative estimate of drug-likeness (QED) is 0.881. The lowest BCUT2D eigenvalue weighted by atomic mass is 10.2. The first-order chi connectivity index (χ1) is 9.58. The second-order valence-electron chi connectivity index (χ2n) is 4.22. The van der Waals surface area contributed by atoms with Gasteiger partial charge in [0.25, 0.3) is 5.89 Å². The van der Waals surface area contributed by atoms with Crippen molar-refractivity contribution in [1.29, 1.82) is 0 Å². The van der Waals surface area contributed by atoms with Crippen LogP contribution in [0.3, 0.4) is 0 Å². The normalized spacial score (nSPS) is 10.9. The molecule has 2 aromatic rings. The largest absolute Gasteiger partial charge is 0.480 e. The maximum atomic E-state index is 10.7. The Morgan fingerprint density at radius 2 is 2.10 bits per heavy atom. The molecule has 7 heteroatoms. The maximum absolute atomic E-state index is 10.7. The molecule has 0 spiro atoms. The average molecular weight is 296 g/mol. The molecule has 1 N–H and O–H groups in total. The molecule has 1 aromatic heterocycles. The fourth-order valence-corrected chi connectivity index (χ4v) is 1.82. The van der Waals surface area contributed by atoms with Gasteiger partial charge in [-0.2, -0.15) is 4.98 Å². The summed E-state index contributed by atoms with van der Waals surface area (Å²) in [7, 11) is 0. The van der Waals surface area contributed by atoms with E-state index >= 15 is 0 Å². The number of rotatable bonds is 6. The third-order valence-corrected chi connectivity index (χ3v) is 2.98. The Balaban J connectivity index is 2.08. The van der Waals surface area contributed by atoms with Crippen LogP contribution in [-0.2, 0) is 11.3 Å². The van der Waals surface area contributed by atoms with Gasteiger partial charge in [-0.1, -0.05) is 23.7 Å². The van der Waals surface area contributed by atoms with E-state index in [-0.39, 0.29) is 6.54 Å². The van der Waals surface area contributed by atoms with Crippen molar-refractivity contribution in [1.82, 2.24) is 15.0 Å². The lowest BCUT2D eigenvalue weighted by molar-refractivity contribution is -0.138. The third kappa shape index (κ3) is 3.79. The standard InChI is InChI=1S/C13H14ClN3O3/c1-2-17(8-12(18)19)7-11-15-13(20-16-11)9-3-5-10(14)6-4-9/h3-6H,2,7-8H2,1H3,(H,18,19). The number of aromatic nitrogens is 2. The summed E-state index contributed by atoms with van der Waals surface area (Å²) in [6, 6.07) is 7.05. The highest BCUT2D eigenvalue weighted by atomic mass is 35.5. The molecule has 0 atom stereocenters. The number of carbonyl (C=O) groups is 1. The summed E-state index contributed by atoms with van der Waals surface area (Å²) >= 11 is 5.81. The number of hydrogen-bond donors (Lipinski definition) is 1. The lowest BCUT2D eigenvalue weighted by Crippen LogP contribution is -2.29. The van der Waals surface area contributed by atoms with Crippen LogP contribution in [0.25, 0.3) is 11.5 Å². The van der Waals surface area contributed by atoms with Crippen molar-refractivity contribution >= 4 is 17.6 Å². The monoisotopic (exact) mass is 295 g/mol. The number of hydrogen-bond acceptors (Lipinski definition) is 5. The van der Waals surface area contributed by atoms with Crippen molar-refractivity contribution in [3.05, 3.63) is 35.1 Å². The van der Waals surface area contributed by atoms with Gasteiger partial charge in [-0.15, -0.1) is 0 Å². The number of carboxylic acids is 1. The number of likely N-dealkylation sites (N-methyl/N-ethyl adjacent to an activating group) is 1. The Hall–Kier alpha value is -1.92. The van der Waals surface area contributed by atoms with Gasteiger partial charge in [0.1, 0.15) is 0 Å². The minimum Gasteiger partial charge on any atom is -0.480 e. The molecule has 1 aromatic carbocycles. The summed E-state index contributed by atoms with van der Waals surface area (Å²) in [5.41, 5.74) is 0.773. The summed E-state index contributed by atoms with van der Waals surface area (Å²) in [6.07, 6.45) is 0. The highest BCUT2D eigenvalue weighted by Gasteiger charge is 2.13. The number of carboxylic acid groups (broad SMARTS) is 1. The van der Waals surface area contributed by atoms with Gasteiger partial charge in [0.2, 0.25) is 0 Å². The van der Waals surface area contributed by atoms with E-state index in [1.165, 1.54) is 0 Å². The van der Waals surface area contributed by atoms with Gasteiger partial charge in [-0.3, -0.25) is 9.69 Å².